The summed E-state index contributed by atoms with van der Waals surface area (Å²) in [5.41, 5.74) is 1.73. The van der Waals surface area contributed by atoms with Gasteiger partial charge in [0.1, 0.15) is 5.69 Å². The first kappa shape index (κ1) is 17.5. The number of H-pyrrole nitrogens is 2. The highest BCUT2D eigenvalue weighted by Gasteiger charge is 2.14. The molecule has 1 aromatic carbocycles. The van der Waals surface area contributed by atoms with E-state index in [2.05, 4.69) is 25.5 Å². The molecule has 26 heavy (non-hydrogen) atoms. The molecule has 10 heteroatoms. The van der Waals surface area contributed by atoms with Crippen molar-refractivity contribution in [3.05, 3.63) is 56.4 Å². The molecule has 0 saturated carbocycles. The zero-order chi connectivity index (χ0) is 18.5. The van der Waals surface area contributed by atoms with Gasteiger partial charge in [-0.3, -0.25) is 14.7 Å². The molecular formula is C16H15N5O4S. The molecule has 0 spiro atoms. The standard InChI is InChI=1S/C16H15N5O4S/c1-2-25-15(23)13-19-12(20-21-13)10-5-3-4-9(6-10)7-17-14(22)11-8-26-16(24)18-11/h3-6,8H,2,7H2,1H3,(H,17,22)(H,18,24)(H,19,20,21). The van der Waals surface area contributed by atoms with Crippen LogP contribution in [0.5, 0.6) is 0 Å². The van der Waals surface area contributed by atoms with E-state index >= 15 is 0 Å². The lowest BCUT2D eigenvalue weighted by atomic mass is 10.1. The van der Waals surface area contributed by atoms with Gasteiger partial charge in [0.25, 0.3) is 5.91 Å². The van der Waals surface area contributed by atoms with Gasteiger partial charge in [-0.15, -0.1) is 0 Å². The highest BCUT2D eigenvalue weighted by atomic mass is 32.1. The number of ether oxygens (including phenoxy) is 1. The van der Waals surface area contributed by atoms with Crippen LogP contribution in [-0.4, -0.2) is 38.6 Å². The summed E-state index contributed by atoms with van der Waals surface area (Å²) in [7, 11) is 0. The smallest absolute Gasteiger partial charge is 0.375 e. The predicted molar refractivity (Wildman–Crippen MR) is 93.9 cm³/mol. The molecule has 0 fully saturated rings. The van der Waals surface area contributed by atoms with Crippen LogP contribution < -0.4 is 10.2 Å². The summed E-state index contributed by atoms with van der Waals surface area (Å²) < 4.78 is 4.87. The van der Waals surface area contributed by atoms with E-state index in [1.54, 1.807) is 25.1 Å². The van der Waals surface area contributed by atoms with E-state index in [0.29, 0.717) is 11.4 Å². The van der Waals surface area contributed by atoms with Crippen molar-refractivity contribution in [2.24, 2.45) is 0 Å². The fraction of sp³-hybridized carbons (Fsp3) is 0.188. The number of benzene rings is 1. The highest BCUT2D eigenvalue weighted by Crippen LogP contribution is 2.16. The number of hydrogen-bond donors (Lipinski definition) is 3. The molecule has 0 aliphatic rings. The number of amides is 1. The second-order valence-electron chi connectivity index (χ2n) is 5.17. The van der Waals surface area contributed by atoms with E-state index in [0.717, 1.165) is 16.9 Å². The highest BCUT2D eigenvalue weighted by molar-refractivity contribution is 7.07. The molecule has 2 heterocycles. The zero-order valence-corrected chi connectivity index (χ0v) is 14.6. The first-order chi connectivity index (χ1) is 12.6. The van der Waals surface area contributed by atoms with E-state index < -0.39 is 5.97 Å². The first-order valence-corrected chi connectivity index (χ1v) is 8.59. The lowest BCUT2D eigenvalue weighted by Crippen LogP contribution is -2.23. The number of nitrogens with one attached hydrogen (secondary N) is 3. The van der Waals surface area contributed by atoms with Crippen LogP contribution in [0.3, 0.4) is 0 Å². The van der Waals surface area contributed by atoms with Crippen molar-refractivity contribution >= 4 is 23.2 Å². The third-order valence-corrected chi connectivity index (χ3v) is 4.03. The molecule has 1 amide bonds. The van der Waals surface area contributed by atoms with Crippen LogP contribution in [-0.2, 0) is 11.3 Å². The second-order valence-corrected chi connectivity index (χ2v) is 6.02. The molecule has 3 rings (SSSR count). The second kappa shape index (κ2) is 7.74. The maximum atomic E-state index is 12.0. The Morgan fingerprint density at radius 2 is 2.19 bits per heavy atom. The lowest BCUT2D eigenvalue weighted by Gasteiger charge is -2.05. The van der Waals surface area contributed by atoms with E-state index in [9.17, 15) is 14.4 Å². The summed E-state index contributed by atoms with van der Waals surface area (Å²) >= 11 is 0.932. The number of carbonyl (C=O) groups is 2. The quantitative estimate of drug-likeness (QED) is 0.559. The predicted octanol–water partition coefficient (Wildman–Crippen LogP) is 1.33. The van der Waals surface area contributed by atoms with Gasteiger partial charge in [0, 0.05) is 17.5 Å². The topological polar surface area (TPSA) is 130 Å². The summed E-state index contributed by atoms with van der Waals surface area (Å²) in [6.07, 6.45) is 0. The van der Waals surface area contributed by atoms with E-state index in [4.69, 9.17) is 4.74 Å². The minimum Gasteiger partial charge on any atom is -0.460 e. The van der Waals surface area contributed by atoms with Gasteiger partial charge in [-0.05, 0) is 18.6 Å². The Balaban J connectivity index is 1.69. The Morgan fingerprint density at radius 3 is 2.92 bits per heavy atom. The maximum absolute atomic E-state index is 12.0. The molecule has 0 radical (unpaired) electrons. The SMILES string of the molecule is CCOC(=O)c1nc(-c2cccc(CNC(=O)c3csc(=O)[nH]3)c2)n[nH]1. The zero-order valence-electron chi connectivity index (χ0n) is 13.7. The molecule has 0 atom stereocenters. The number of nitrogens with zero attached hydrogens (tertiary/aromatic N) is 2. The number of esters is 1. The van der Waals surface area contributed by atoms with E-state index in [1.165, 1.54) is 5.38 Å². The van der Waals surface area contributed by atoms with Crippen LogP contribution in [0.15, 0.2) is 34.4 Å². The molecule has 2 aromatic heterocycles. The number of carbonyl (C=O) groups excluding carboxylic acids is 2. The first-order valence-electron chi connectivity index (χ1n) is 7.71. The van der Waals surface area contributed by atoms with Crippen molar-refractivity contribution in [2.45, 2.75) is 13.5 Å². The summed E-state index contributed by atoms with van der Waals surface area (Å²) in [6, 6.07) is 7.22. The van der Waals surface area contributed by atoms with Gasteiger partial charge in [-0.25, -0.2) is 9.78 Å². The van der Waals surface area contributed by atoms with Crippen molar-refractivity contribution in [1.29, 1.82) is 0 Å². The van der Waals surface area contributed by atoms with Gasteiger partial charge in [0.05, 0.1) is 6.61 Å². The molecule has 0 aliphatic carbocycles. The van der Waals surface area contributed by atoms with Crippen molar-refractivity contribution in [2.75, 3.05) is 6.61 Å². The summed E-state index contributed by atoms with van der Waals surface area (Å²) in [4.78, 5) is 41.0. The molecule has 0 aliphatic heterocycles. The molecule has 0 bridgehead atoms. The van der Waals surface area contributed by atoms with Gasteiger partial charge >= 0.3 is 10.8 Å². The largest absolute Gasteiger partial charge is 0.460 e. The van der Waals surface area contributed by atoms with E-state index in [-0.39, 0.29) is 35.5 Å². The Labute approximate surface area is 151 Å². The lowest BCUT2D eigenvalue weighted by molar-refractivity contribution is 0.0512. The van der Waals surface area contributed by atoms with Crippen LogP contribution in [0, 0.1) is 0 Å². The van der Waals surface area contributed by atoms with Gasteiger partial charge in [-0.2, -0.15) is 5.10 Å². The average Bonchev–Trinajstić information content (AvgIpc) is 3.29. The molecular weight excluding hydrogens is 358 g/mol. The Hall–Kier alpha value is -3.27. The van der Waals surface area contributed by atoms with Crippen molar-refractivity contribution in [3.8, 4) is 11.4 Å². The van der Waals surface area contributed by atoms with Crippen molar-refractivity contribution in [1.82, 2.24) is 25.5 Å². The van der Waals surface area contributed by atoms with Gasteiger partial charge < -0.3 is 15.0 Å². The summed E-state index contributed by atoms with van der Waals surface area (Å²) in [6.45, 7) is 2.22. The van der Waals surface area contributed by atoms with Gasteiger partial charge in [0.2, 0.25) is 5.82 Å². The normalized spacial score (nSPS) is 10.5. The van der Waals surface area contributed by atoms with Crippen LogP contribution in [0.25, 0.3) is 11.4 Å². The fourth-order valence-corrected chi connectivity index (χ4v) is 2.73. The monoisotopic (exact) mass is 373 g/mol. The van der Waals surface area contributed by atoms with Crippen molar-refractivity contribution < 1.29 is 14.3 Å². The number of aromatic amines is 2. The maximum Gasteiger partial charge on any atom is 0.375 e. The number of thiazole rings is 1. The third kappa shape index (κ3) is 4.03. The Bertz CT molecular complexity index is 990. The number of hydrogen-bond acceptors (Lipinski definition) is 7. The molecule has 3 aromatic rings. The summed E-state index contributed by atoms with van der Waals surface area (Å²) in [5.74, 6) is -0.555. The van der Waals surface area contributed by atoms with Gasteiger partial charge in [0.15, 0.2) is 5.82 Å². The Kier molecular flexibility index (Phi) is 5.23. The van der Waals surface area contributed by atoms with Gasteiger partial charge in [-0.1, -0.05) is 29.5 Å². The number of aromatic nitrogens is 4. The van der Waals surface area contributed by atoms with Crippen LogP contribution in [0.1, 0.15) is 33.6 Å². The third-order valence-electron chi connectivity index (χ3n) is 3.36. The summed E-state index contributed by atoms with van der Waals surface area (Å²) in [5, 5.41) is 10.8. The molecule has 0 unspecified atom stereocenters. The minimum absolute atomic E-state index is 0.0296. The minimum atomic E-state index is -0.570. The molecule has 9 nitrogen and oxygen atoms in total. The van der Waals surface area contributed by atoms with Crippen molar-refractivity contribution in [3.63, 3.8) is 0 Å². The average molecular weight is 373 g/mol. The van der Waals surface area contributed by atoms with Crippen LogP contribution >= 0.6 is 11.3 Å². The molecule has 134 valence electrons. The van der Waals surface area contributed by atoms with Crippen LogP contribution in [0.4, 0.5) is 0 Å². The Morgan fingerprint density at radius 1 is 1.35 bits per heavy atom. The van der Waals surface area contributed by atoms with Crippen LogP contribution in [0.2, 0.25) is 0 Å². The molecule has 3 N–H and O–H groups in total. The fourth-order valence-electron chi connectivity index (χ4n) is 2.17. The van der Waals surface area contributed by atoms with E-state index in [1.807, 2.05) is 6.07 Å². The molecule has 0 saturated heterocycles. The number of rotatable bonds is 6.